The molecule has 4 fully saturated rings. The van der Waals surface area contributed by atoms with E-state index in [0.717, 1.165) is 32.1 Å². The summed E-state index contributed by atoms with van der Waals surface area (Å²) in [5.41, 5.74) is 0.478. The predicted octanol–water partition coefficient (Wildman–Crippen LogP) is 4.48. The fourth-order valence-corrected chi connectivity index (χ4v) is 8.81. The molecule has 0 radical (unpaired) electrons. The van der Waals surface area contributed by atoms with Crippen molar-refractivity contribution in [3.05, 3.63) is 0 Å². The van der Waals surface area contributed by atoms with Crippen molar-refractivity contribution in [1.82, 2.24) is 0 Å². The molecule has 0 spiro atoms. The lowest BCUT2D eigenvalue weighted by Crippen LogP contribution is -2.58. The smallest absolute Gasteiger partial charge is 0.303 e. The van der Waals surface area contributed by atoms with Crippen molar-refractivity contribution in [2.45, 2.75) is 97.2 Å². The first kappa shape index (κ1) is 20.7. The van der Waals surface area contributed by atoms with Crippen LogP contribution < -0.4 is 0 Å². The van der Waals surface area contributed by atoms with Gasteiger partial charge in [0.15, 0.2) is 0 Å². The van der Waals surface area contributed by atoms with Crippen molar-refractivity contribution in [1.29, 1.82) is 0 Å². The SMILES string of the molecule is C[C@H](CCC(=O)O)[C@H]1CC[C@H]2[C@@H]3C[C@H](O)[C@@H]4C[C@@H](O)CC[C@]4(C)[C@H]3CC[C@]12C. The number of aliphatic hydroxyl groups excluding tert-OH is 2. The Bertz CT molecular complexity index is 605. The zero-order valence-corrected chi connectivity index (χ0v) is 17.9. The average molecular weight is 393 g/mol. The molecule has 4 saturated carbocycles. The summed E-state index contributed by atoms with van der Waals surface area (Å²) in [6, 6.07) is 0. The highest BCUT2D eigenvalue weighted by Crippen LogP contribution is 2.68. The second-order valence-corrected chi connectivity index (χ2v) is 11.4. The Balaban J connectivity index is 1.55. The fourth-order valence-electron chi connectivity index (χ4n) is 8.81. The van der Waals surface area contributed by atoms with Crippen LogP contribution in [0.15, 0.2) is 0 Å². The van der Waals surface area contributed by atoms with Gasteiger partial charge in [0.05, 0.1) is 12.2 Å². The van der Waals surface area contributed by atoms with E-state index in [4.69, 9.17) is 5.11 Å². The van der Waals surface area contributed by atoms with Crippen molar-refractivity contribution in [2.24, 2.45) is 46.3 Å². The highest BCUT2D eigenvalue weighted by molar-refractivity contribution is 5.66. The topological polar surface area (TPSA) is 77.8 Å². The summed E-state index contributed by atoms with van der Waals surface area (Å²) < 4.78 is 0. The highest BCUT2D eigenvalue weighted by atomic mass is 16.4. The van der Waals surface area contributed by atoms with Crippen molar-refractivity contribution in [2.75, 3.05) is 0 Å². The molecule has 3 N–H and O–H groups in total. The summed E-state index contributed by atoms with van der Waals surface area (Å²) in [6.07, 6.45) is 9.16. The van der Waals surface area contributed by atoms with Crippen LogP contribution in [-0.2, 0) is 4.79 Å². The second kappa shape index (κ2) is 7.27. The molecule has 4 nitrogen and oxygen atoms in total. The second-order valence-electron chi connectivity index (χ2n) is 11.4. The zero-order chi connectivity index (χ0) is 20.3. The average Bonchev–Trinajstić information content (AvgIpc) is 2.99. The van der Waals surface area contributed by atoms with Gasteiger partial charge < -0.3 is 15.3 Å². The molecule has 160 valence electrons. The van der Waals surface area contributed by atoms with E-state index in [1.807, 2.05) is 0 Å². The Kier molecular flexibility index (Phi) is 5.36. The van der Waals surface area contributed by atoms with Gasteiger partial charge in [-0.1, -0.05) is 20.8 Å². The number of fused-ring (bicyclic) bond motifs is 5. The van der Waals surface area contributed by atoms with Crippen molar-refractivity contribution >= 4 is 5.97 Å². The molecule has 4 rings (SSSR count). The summed E-state index contributed by atoms with van der Waals surface area (Å²) in [4.78, 5) is 11.1. The van der Waals surface area contributed by atoms with E-state index < -0.39 is 5.97 Å². The van der Waals surface area contributed by atoms with Crippen LogP contribution in [0.5, 0.6) is 0 Å². The third kappa shape index (κ3) is 3.14. The number of carbonyl (C=O) groups is 1. The minimum Gasteiger partial charge on any atom is -0.481 e. The lowest BCUT2D eigenvalue weighted by molar-refractivity contribution is -0.172. The molecule has 0 amide bonds. The Hall–Kier alpha value is -0.610. The summed E-state index contributed by atoms with van der Waals surface area (Å²) in [6.45, 7) is 7.16. The Morgan fingerprint density at radius 1 is 0.964 bits per heavy atom. The number of carboxylic acid groups (broad SMARTS) is 1. The van der Waals surface area contributed by atoms with Gasteiger partial charge in [0.2, 0.25) is 0 Å². The van der Waals surface area contributed by atoms with Gasteiger partial charge >= 0.3 is 5.97 Å². The van der Waals surface area contributed by atoms with Crippen LogP contribution in [0.2, 0.25) is 0 Å². The van der Waals surface area contributed by atoms with Gasteiger partial charge in [0.1, 0.15) is 0 Å². The quantitative estimate of drug-likeness (QED) is 0.659. The van der Waals surface area contributed by atoms with E-state index >= 15 is 0 Å². The maximum Gasteiger partial charge on any atom is 0.303 e. The van der Waals surface area contributed by atoms with Crippen LogP contribution in [0.25, 0.3) is 0 Å². The lowest BCUT2D eigenvalue weighted by Gasteiger charge is -2.62. The standard InChI is InChI=1S/C24H40O4/c1-14(4-7-22(27)28)17-5-6-18-16-13-21(26)20-12-15(25)8-10-24(20,3)19(16)9-11-23(17,18)2/h14-21,25-26H,4-13H2,1-3H3,(H,27,28)/t14-,15+,16+,17-,18+,19+,20+,21+,23-,24-/m1/s1. The van der Waals surface area contributed by atoms with Crippen LogP contribution in [0, 0.1) is 46.3 Å². The van der Waals surface area contributed by atoms with Gasteiger partial charge in [-0.15, -0.1) is 0 Å². The van der Waals surface area contributed by atoms with Crippen LogP contribution in [-0.4, -0.2) is 33.5 Å². The zero-order valence-electron chi connectivity index (χ0n) is 17.9. The monoisotopic (exact) mass is 392 g/mol. The van der Waals surface area contributed by atoms with Crippen molar-refractivity contribution < 1.29 is 20.1 Å². The summed E-state index contributed by atoms with van der Waals surface area (Å²) in [7, 11) is 0. The van der Waals surface area contributed by atoms with Gasteiger partial charge in [-0.05, 0) is 104 Å². The summed E-state index contributed by atoms with van der Waals surface area (Å²) in [5.74, 6) is 2.61. The van der Waals surface area contributed by atoms with Gasteiger partial charge in [0.25, 0.3) is 0 Å². The molecule has 28 heavy (non-hydrogen) atoms. The van der Waals surface area contributed by atoms with E-state index in [1.165, 1.54) is 25.7 Å². The lowest BCUT2D eigenvalue weighted by atomic mass is 9.44. The van der Waals surface area contributed by atoms with E-state index in [-0.39, 0.29) is 30.0 Å². The Labute approximate surface area is 170 Å². The van der Waals surface area contributed by atoms with Crippen molar-refractivity contribution in [3.8, 4) is 0 Å². The van der Waals surface area contributed by atoms with Crippen LogP contribution in [0.4, 0.5) is 0 Å². The van der Waals surface area contributed by atoms with Gasteiger partial charge in [-0.2, -0.15) is 0 Å². The fraction of sp³-hybridized carbons (Fsp3) is 0.958. The molecule has 0 aromatic carbocycles. The minimum atomic E-state index is -0.677. The molecule has 10 atom stereocenters. The normalized spacial score (nSPS) is 51.7. The number of aliphatic carboxylic acids is 1. The maximum atomic E-state index is 11.1. The molecule has 0 unspecified atom stereocenters. The predicted molar refractivity (Wildman–Crippen MR) is 109 cm³/mol. The third-order valence-corrected chi connectivity index (χ3v) is 10.2. The van der Waals surface area contributed by atoms with Crippen LogP contribution >= 0.6 is 0 Å². The first-order valence-corrected chi connectivity index (χ1v) is 11.7. The largest absolute Gasteiger partial charge is 0.481 e. The molecule has 0 saturated heterocycles. The van der Waals surface area contributed by atoms with E-state index in [1.54, 1.807) is 0 Å². The molecule has 0 aliphatic heterocycles. The summed E-state index contributed by atoms with van der Waals surface area (Å²) in [5, 5.41) is 30.4. The highest BCUT2D eigenvalue weighted by Gasteiger charge is 2.62. The van der Waals surface area contributed by atoms with Gasteiger partial charge in [0, 0.05) is 6.42 Å². The number of rotatable bonds is 4. The first-order valence-electron chi connectivity index (χ1n) is 11.7. The molecule has 0 aromatic rings. The van der Waals surface area contributed by atoms with E-state index in [0.29, 0.717) is 35.0 Å². The molecule has 0 aromatic heterocycles. The molecule has 4 aliphatic rings. The number of hydrogen-bond acceptors (Lipinski definition) is 3. The van der Waals surface area contributed by atoms with E-state index in [2.05, 4.69) is 20.8 Å². The molecular weight excluding hydrogens is 352 g/mol. The molecule has 0 bridgehead atoms. The van der Waals surface area contributed by atoms with E-state index in [9.17, 15) is 15.0 Å². The van der Waals surface area contributed by atoms with Crippen LogP contribution in [0.3, 0.4) is 0 Å². The summed E-state index contributed by atoms with van der Waals surface area (Å²) >= 11 is 0. The van der Waals surface area contributed by atoms with Gasteiger partial charge in [-0.3, -0.25) is 4.79 Å². The van der Waals surface area contributed by atoms with Gasteiger partial charge in [-0.25, -0.2) is 0 Å². The Morgan fingerprint density at radius 2 is 1.64 bits per heavy atom. The number of hydrogen-bond donors (Lipinski definition) is 3. The minimum absolute atomic E-state index is 0.176. The molecule has 0 heterocycles. The first-order chi connectivity index (χ1) is 13.2. The maximum absolute atomic E-state index is 11.1. The third-order valence-electron chi connectivity index (χ3n) is 10.2. The number of carboxylic acids is 1. The molecule has 4 aliphatic carbocycles. The Morgan fingerprint density at radius 3 is 2.36 bits per heavy atom. The number of aliphatic hydroxyl groups is 2. The molecular formula is C24H40O4. The van der Waals surface area contributed by atoms with Crippen molar-refractivity contribution in [3.63, 3.8) is 0 Å². The van der Waals surface area contributed by atoms with Crippen LogP contribution in [0.1, 0.15) is 85.0 Å². The molecule has 4 heteroatoms.